The van der Waals surface area contributed by atoms with E-state index < -0.39 is 4.92 Å². The molecule has 1 aliphatic heterocycles. The van der Waals surface area contributed by atoms with E-state index in [1.165, 1.54) is 6.07 Å². The van der Waals surface area contributed by atoms with Crippen LogP contribution in [0.1, 0.15) is 37.3 Å². The molecule has 0 aliphatic carbocycles. The van der Waals surface area contributed by atoms with E-state index in [-0.39, 0.29) is 17.6 Å². The minimum atomic E-state index is -0.412. The average molecular weight is 413 g/mol. The minimum absolute atomic E-state index is 0.0125. The van der Waals surface area contributed by atoms with Crippen LogP contribution in [0.25, 0.3) is 0 Å². The summed E-state index contributed by atoms with van der Waals surface area (Å²) in [4.78, 5) is 25.4. The largest absolute Gasteiger partial charge is 0.497 e. The molecule has 1 aliphatic rings. The first-order chi connectivity index (χ1) is 14.5. The summed E-state index contributed by atoms with van der Waals surface area (Å²) < 4.78 is 10.8. The van der Waals surface area contributed by atoms with E-state index in [0.29, 0.717) is 30.8 Å². The minimum Gasteiger partial charge on any atom is -0.497 e. The van der Waals surface area contributed by atoms with Crippen LogP contribution < -0.4 is 14.8 Å². The van der Waals surface area contributed by atoms with Crippen molar-refractivity contribution >= 4 is 17.3 Å². The van der Waals surface area contributed by atoms with Crippen LogP contribution >= 0.6 is 0 Å². The van der Waals surface area contributed by atoms with Crippen molar-refractivity contribution in [3.63, 3.8) is 0 Å². The average Bonchev–Trinajstić information content (AvgIpc) is 3.26. The Balaban J connectivity index is 1.58. The number of carbonyl (C=O) groups is 1. The van der Waals surface area contributed by atoms with Gasteiger partial charge in [0.2, 0.25) is 5.91 Å². The number of nitrogens with zero attached hydrogens (tertiary/aromatic N) is 2. The molecule has 1 amide bonds. The number of benzene rings is 2. The summed E-state index contributed by atoms with van der Waals surface area (Å²) in [5, 5.41) is 14.2. The first-order valence-electron chi connectivity index (χ1n) is 10.0. The van der Waals surface area contributed by atoms with Crippen molar-refractivity contribution in [3.05, 3.63) is 58.1 Å². The molecule has 0 spiro atoms. The molecule has 8 heteroatoms. The smallest absolute Gasteiger partial charge is 0.292 e. The highest BCUT2D eigenvalue weighted by Crippen LogP contribution is 2.39. The van der Waals surface area contributed by atoms with Gasteiger partial charge in [-0.3, -0.25) is 14.9 Å². The molecule has 3 rings (SSSR count). The Labute approximate surface area is 175 Å². The standard InChI is InChI=1S/C22H27N3O5/c1-29-16-11-12-17(21(15-16)30-2)19-9-6-14-24(19)22(26)10-5-13-23-18-7-3-4-8-20(18)25(27)28/h3-4,7-8,11-12,15,19,23H,5-6,9-10,13-14H2,1-2H3. The van der Waals surface area contributed by atoms with Gasteiger partial charge in [-0.25, -0.2) is 0 Å². The number of nitro benzene ring substituents is 1. The van der Waals surface area contributed by atoms with Crippen molar-refractivity contribution in [2.75, 3.05) is 32.6 Å². The molecule has 1 saturated heterocycles. The summed E-state index contributed by atoms with van der Waals surface area (Å²) in [5.74, 6) is 1.52. The van der Waals surface area contributed by atoms with E-state index in [9.17, 15) is 14.9 Å². The molecule has 0 saturated carbocycles. The molecule has 2 aromatic rings. The molecule has 2 aromatic carbocycles. The monoisotopic (exact) mass is 413 g/mol. The predicted molar refractivity (Wildman–Crippen MR) is 114 cm³/mol. The van der Waals surface area contributed by atoms with E-state index in [1.54, 1.807) is 32.4 Å². The topological polar surface area (TPSA) is 93.9 Å². The first kappa shape index (κ1) is 21.4. The molecule has 160 valence electrons. The Bertz CT molecular complexity index is 902. The molecular weight excluding hydrogens is 386 g/mol. The molecule has 1 fully saturated rings. The third-order valence-electron chi connectivity index (χ3n) is 5.36. The maximum Gasteiger partial charge on any atom is 0.292 e. The molecular formula is C22H27N3O5. The van der Waals surface area contributed by atoms with Gasteiger partial charge < -0.3 is 19.7 Å². The van der Waals surface area contributed by atoms with E-state index in [1.807, 2.05) is 23.1 Å². The number of hydrogen-bond acceptors (Lipinski definition) is 6. The number of rotatable bonds is 9. The van der Waals surface area contributed by atoms with E-state index in [0.717, 1.165) is 30.7 Å². The van der Waals surface area contributed by atoms with Crippen molar-refractivity contribution in [2.24, 2.45) is 0 Å². The molecule has 0 bridgehead atoms. The third kappa shape index (κ3) is 4.82. The third-order valence-corrected chi connectivity index (χ3v) is 5.36. The molecule has 1 atom stereocenters. The van der Waals surface area contributed by atoms with Crippen LogP contribution in [-0.2, 0) is 4.79 Å². The van der Waals surface area contributed by atoms with Gasteiger partial charge in [0, 0.05) is 37.2 Å². The highest BCUT2D eigenvalue weighted by molar-refractivity contribution is 5.77. The van der Waals surface area contributed by atoms with Gasteiger partial charge in [0.05, 0.1) is 25.2 Å². The van der Waals surface area contributed by atoms with Crippen molar-refractivity contribution in [3.8, 4) is 11.5 Å². The van der Waals surface area contributed by atoms with Crippen LogP contribution in [0.3, 0.4) is 0 Å². The number of anilines is 1. The normalized spacial score (nSPS) is 15.7. The number of carbonyl (C=O) groups excluding carboxylic acids is 1. The fraction of sp³-hybridized carbons (Fsp3) is 0.409. The van der Waals surface area contributed by atoms with Crippen LogP contribution in [0.2, 0.25) is 0 Å². The van der Waals surface area contributed by atoms with Gasteiger partial charge in [0.25, 0.3) is 5.69 Å². The highest BCUT2D eigenvalue weighted by atomic mass is 16.6. The molecule has 8 nitrogen and oxygen atoms in total. The van der Waals surface area contributed by atoms with E-state index >= 15 is 0 Å². The van der Waals surface area contributed by atoms with Gasteiger partial charge in [-0.1, -0.05) is 12.1 Å². The number of amides is 1. The summed E-state index contributed by atoms with van der Waals surface area (Å²) in [6.07, 6.45) is 2.80. The number of para-hydroxylation sites is 2. The maximum atomic E-state index is 12.9. The number of nitro groups is 1. The van der Waals surface area contributed by atoms with Gasteiger partial charge in [0.15, 0.2) is 0 Å². The Morgan fingerprint density at radius 2 is 2.03 bits per heavy atom. The molecule has 1 heterocycles. The molecule has 30 heavy (non-hydrogen) atoms. The number of nitrogens with one attached hydrogen (secondary N) is 1. The predicted octanol–water partition coefficient (Wildman–Crippen LogP) is 4.17. The van der Waals surface area contributed by atoms with Crippen molar-refractivity contribution in [2.45, 2.75) is 31.7 Å². The summed E-state index contributed by atoms with van der Waals surface area (Å²) in [6.45, 7) is 1.21. The second-order valence-electron chi connectivity index (χ2n) is 7.16. The van der Waals surface area contributed by atoms with Gasteiger partial charge in [-0.15, -0.1) is 0 Å². The number of hydrogen-bond donors (Lipinski definition) is 1. The Morgan fingerprint density at radius 3 is 2.77 bits per heavy atom. The highest BCUT2D eigenvalue weighted by Gasteiger charge is 2.31. The maximum absolute atomic E-state index is 12.9. The Morgan fingerprint density at radius 1 is 1.23 bits per heavy atom. The summed E-state index contributed by atoms with van der Waals surface area (Å²) in [5.41, 5.74) is 1.49. The second kappa shape index (κ2) is 9.96. The van der Waals surface area contributed by atoms with Gasteiger partial charge in [0.1, 0.15) is 17.2 Å². The molecule has 1 N–H and O–H groups in total. The van der Waals surface area contributed by atoms with Crippen LogP contribution in [0.4, 0.5) is 11.4 Å². The van der Waals surface area contributed by atoms with Gasteiger partial charge >= 0.3 is 0 Å². The Hall–Kier alpha value is -3.29. The lowest BCUT2D eigenvalue weighted by atomic mass is 10.0. The van der Waals surface area contributed by atoms with Crippen molar-refractivity contribution in [1.29, 1.82) is 0 Å². The zero-order chi connectivity index (χ0) is 21.5. The molecule has 1 unspecified atom stereocenters. The van der Waals surface area contributed by atoms with Crippen molar-refractivity contribution < 1.29 is 19.2 Å². The van der Waals surface area contributed by atoms with Gasteiger partial charge in [-0.2, -0.15) is 0 Å². The van der Waals surface area contributed by atoms with Crippen molar-refractivity contribution in [1.82, 2.24) is 4.90 Å². The van der Waals surface area contributed by atoms with Crippen LogP contribution in [0, 0.1) is 10.1 Å². The zero-order valence-corrected chi connectivity index (χ0v) is 17.3. The lowest BCUT2D eigenvalue weighted by Crippen LogP contribution is -2.30. The fourth-order valence-electron chi connectivity index (χ4n) is 3.87. The summed E-state index contributed by atoms with van der Waals surface area (Å²) in [7, 11) is 3.23. The number of likely N-dealkylation sites (tertiary alicyclic amines) is 1. The fourth-order valence-corrected chi connectivity index (χ4v) is 3.87. The zero-order valence-electron chi connectivity index (χ0n) is 17.3. The van der Waals surface area contributed by atoms with E-state index in [2.05, 4.69) is 5.32 Å². The lowest BCUT2D eigenvalue weighted by molar-refractivity contribution is -0.384. The second-order valence-corrected chi connectivity index (χ2v) is 7.16. The van der Waals surface area contributed by atoms with Crippen LogP contribution in [-0.4, -0.2) is 43.0 Å². The molecule has 0 aromatic heterocycles. The summed E-state index contributed by atoms with van der Waals surface area (Å²) >= 11 is 0. The number of methoxy groups -OCH3 is 2. The Kier molecular flexibility index (Phi) is 7.11. The number of ether oxygens (including phenoxy) is 2. The summed E-state index contributed by atoms with van der Waals surface area (Å²) in [6, 6.07) is 12.2. The first-order valence-corrected chi connectivity index (χ1v) is 10.0. The SMILES string of the molecule is COc1ccc(C2CCCN2C(=O)CCCNc2ccccc2[N+](=O)[O-])c(OC)c1. The lowest BCUT2D eigenvalue weighted by Gasteiger charge is -2.26. The molecule has 0 radical (unpaired) electrons. The van der Waals surface area contributed by atoms with E-state index in [4.69, 9.17) is 9.47 Å². The van der Waals surface area contributed by atoms with Crippen LogP contribution in [0.5, 0.6) is 11.5 Å². The van der Waals surface area contributed by atoms with Crippen LogP contribution in [0.15, 0.2) is 42.5 Å². The quantitative estimate of drug-likeness (QED) is 0.377. The van der Waals surface area contributed by atoms with Gasteiger partial charge in [-0.05, 0) is 37.5 Å².